The van der Waals surface area contributed by atoms with Crippen molar-refractivity contribution in [1.29, 1.82) is 0 Å². The third kappa shape index (κ3) is 1.88. The third-order valence-electron chi connectivity index (χ3n) is 2.61. The van der Waals surface area contributed by atoms with Crippen LogP contribution in [-0.2, 0) is 9.59 Å². The predicted octanol–water partition coefficient (Wildman–Crippen LogP) is -0.229. The zero-order chi connectivity index (χ0) is 10.0. The first-order chi connectivity index (χ1) is 6.07. The molecule has 0 bridgehead atoms. The summed E-state index contributed by atoms with van der Waals surface area (Å²) in [4.78, 5) is 24.2. The normalized spacial score (nSPS) is 27.8. The first-order valence-electron chi connectivity index (χ1n) is 4.58. The van der Waals surface area contributed by atoms with Crippen LogP contribution in [0.15, 0.2) is 0 Å². The van der Waals surface area contributed by atoms with E-state index in [0.29, 0.717) is 6.54 Å². The second-order valence-electron chi connectivity index (χ2n) is 3.61. The topological polar surface area (TPSA) is 63.4 Å². The molecule has 0 aliphatic carbocycles. The summed E-state index contributed by atoms with van der Waals surface area (Å²) in [6.45, 7) is 4.19. The molecule has 1 amide bonds. The van der Waals surface area contributed by atoms with Crippen LogP contribution in [0.1, 0.15) is 20.3 Å². The van der Waals surface area contributed by atoms with Gasteiger partial charge in [0.15, 0.2) is 5.78 Å². The summed E-state index contributed by atoms with van der Waals surface area (Å²) in [5.74, 6) is 0.212. The first-order valence-corrected chi connectivity index (χ1v) is 4.58. The van der Waals surface area contributed by atoms with Crippen LogP contribution in [0.5, 0.6) is 0 Å². The van der Waals surface area contributed by atoms with Crippen LogP contribution in [0.2, 0.25) is 0 Å². The Labute approximate surface area is 78.1 Å². The summed E-state index contributed by atoms with van der Waals surface area (Å²) < 4.78 is 0. The molecule has 0 aromatic rings. The van der Waals surface area contributed by atoms with Gasteiger partial charge in [-0.05, 0) is 19.3 Å². The molecule has 4 nitrogen and oxygen atoms in total. The van der Waals surface area contributed by atoms with Crippen molar-refractivity contribution in [2.24, 2.45) is 11.7 Å². The molecule has 1 fully saturated rings. The van der Waals surface area contributed by atoms with Crippen LogP contribution in [0, 0.1) is 5.92 Å². The van der Waals surface area contributed by atoms with Crippen LogP contribution in [0.4, 0.5) is 0 Å². The number of amides is 1. The van der Waals surface area contributed by atoms with E-state index < -0.39 is 0 Å². The maximum Gasteiger partial charge on any atom is 0.236 e. The van der Waals surface area contributed by atoms with Gasteiger partial charge in [0.05, 0.1) is 12.6 Å². The Balaban J connectivity index is 2.75. The van der Waals surface area contributed by atoms with Crippen molar-refractivity contribution in [3.63, 3.8) is 0 Å². The maximum atomic E-state index is 11.3. The number of carbonyl (C=O) groups is 2. The monoisotopic (exact) mass is 184 g/mol. The van der Waals surface area contributed by atoms with Crippen molar-refractivity contribution in [2.45, 2.75) is 26.3 Å². The number of nitrogens with zero attached hydrogens (tertiary/aromatic N) is 1. The molecule has 2 N–H and O–H groups in total. The fraction of sp³-hybridized carbons (Fsp3) is 0.778. The fourth-order valence-corrected chi connectivity index (χ4v) is 1.96. The number of ketones is 1. The van der Waals surface area contributed by atoms with E-state index in [2.05, 4.69) is 0 Å². The Bertz CT molecular complexity index is 228. The Morgan fingerprint density at radius 2 is 2.15 bits per heavy atom. The molecule has 1 aliphatic rings. The molecule has 0 unspecified atom stereocenters. The van der Waals surface area contributed by atoms with Gasteiger partial charge in [-0.25, -0.2) is 0 Å². The van der Waals surface area contributed by atoms with Crippen LogP contribution in [0.3, 0.4) is 0 Å². The SMILES string of the molecule is CC(=O)[C@@H]1[C@H](C)CCN1C(=O)CN. The van der Waals surface area contributed by atoms with Crippen molar-refractivity contribution in [2.75, 3.05) is 13.1 Å². The molecule has 1 rings (SSSR count). The van der Waals surface area contributed by atoms with E-state index in [0.717, 1.165) is 6.42 Å². The van der Waals surface area contributed by atoms with E-state index in [9.17, 15) is 9.59 Å². The molecular weight excluding hydrogens is 168 g/mol. The van der Waals surface area contributed by atoms with Gasteiger partial charge in [0, 0.05) is 6.54 Å². The Hall–Kier alpha value is -0.900. The number of hydrogen-bond donors (Lipinski definition) is 1. The summed E-state index contributed by atoms with van der Waals surface area (Å²) >= 11 is 0. The Morgan fingerprint density at radius 1 is 1.54 bits per heavy atom. The molecule has 13 heavy (non-hydrogen) atoms. The zero-order valence-electron chi connectivity index (χ0n) is 8.12. The van der Waals surface area contributed by atoms with E-state index in [1.54, 1.807) is 4.90 Å². The van der Waals surface area contributed by atoms with E-state index in [4.69, 9.17) is 5.73 Å². The smallest absolute Gasteiger partial charge is 0.236 e. The average molecular weight is 184 g/mol. The summed E-state index contributed by atoms with van der Waals surface area (Å²) in [5, 5.41) is 0. The summed E-state index contributed by atoms with van der Waals surface area (Å²) in [6, 6.07) is -0.240. The highest BCUT2D eigenvalue weighted by atomic mass is 16.2. The molecular formula is C9H16N2O2. The molecule has 74 valence electrons. The third-order valence-corrected chi connectivity index (χ3v) is 2.61. The van der Waals surface area contributed by atoms with Crippen molar-refractivity contribution >= 4 is 11.7 Å². The Morgan fingerprint density at radius 3 is 2.62 bits per heavy atom. The molecule has 0 saturated carbocycles. The standard InChI is InChI=1S/C9H16N2O2/c1-6-3-4-11(8(13)5-10)9(6)7(2)12/h6,9H,3-5,10H2,1-2H3/t6-,9+/m1/s1. The second-order valence-corrected chi connectivity index (χ2v) is 3.61. The van der Waals surface area contributed by atoms with Gasteiger partial charge in [-0.2, -0.15) is 0 Å². The molecule has 2 atom stereocenters. The molecule has 1 heterocycles. The highest BCUT2D eigenvalue weighted by molar-refractivity contribution is 5.89. The molecule has 0 aromatic carbocycles. The van der Waals surface area contributed by atoms with Crippen molar-refractivity contribution in [1.82, 2.24) is 4.90 Å². The quantitative estimate of drug-likeness (QED) is 0.645. The van der Waals surface area contributed by atoms with E-state index in [-0.39, 0.29) is 30.2 Å². The largest absolute Gasteiger partial charge is 0.331 e. The molecule has 0 spiro atoms. The van der Waals surface area contributed by atoms with E-state index in [1.807, 2.05) is 6.92 Å². The first kappa shape index (κ1) is 10.2. The molecule has 1 saturated heterocycles. The van der Waals surface area contributed by atoms with E-state index in [1.165, 1.54) is 6.92 Å². The van der Waals surface area contributed by atoms with Gasteiger partial charge < -0.3 is 10.6 Å². The van der Waals surface area contributed by atoms with Crippen molar-refractivity contribution < 1.29 is 9.59 Å². The van der Waals surface area contributed by atoms with Gasteiger partial charge in [-0.15, -0.1) is 0 Å². The molecule has 4 heteroatoms. The summed E-state index contributed by atoms with van der Waals surface area (Å²) in [5.41, 5.74) is 5.26. The van der Waals surface area contributed by atoms with Crippen LogP contribution >= 0.6 is 0 Å². The summed E-state index contributed by atoms with van der Waals surface area (Å²) in [7, 11) is 0. The number of nitrogens with two attached hydrogens (primary N) is 1. The molecule has 0 aromatic heterocycles. The van der Waals surface area contributed by atoms with Crippen LogP contribution < -0.4 is 5.73 Å². The number of hydrogen-bond acceptors (Lipinski definition) is 3. The lowest BCUT2D eigenvalue weighted by Crippen LogP contribution is -2.44. The highest BCUT2D eigenvalue weighted by Crippen LogP contribution is 2.24. The zero-order valence-corrected chi connectivity index (χ0v) is 8.12. The van der Waals surface area contributed by atoms with Crippen LogP contribution in [-0.4, -0.2) is 35.7 Å². The number of carbonyl (C=O) groups excluding carboxylic acids is 2. The predicted molar refractivity (Wildman–Crippen MR) is 49.0 cm³/mol. The highest BCUT2D eigenvalue weighted by Gasteiger charge is 2.36. The van der Waals surface area contributed by atoms with Crippen molar-refractivity contribution in [3.8, 4) is 0 Å². The minimum Gasteiger partial charge on any atom is -0.331 e. The fourth-order valence-electron chi connectivity index (χ4n) is 1.96. The van der Waals surface area contributed by atoms with Gasteiger partial charge >= 0.3 is 0 Å². The second kappa shape index (κ2) is 3.87. The molecule has 1 aliphatic heterocycles. The number of rotatable bonds is 2. The van der Waals surface area contributed by atoms with Crippen LogP contribution in [0.25, 0.3) is 0 Å². The maximum absolute atomic E-state index is 11.3. The van der Waals surface area contributed by atoms with Gasteiger partial charge in [0.1, 0.15) is 0 Å². The van der Waals surface area contributed by atoms with Crippen molar-refractivity contribution in [3.05, 3.63) is 0 Å². The minimum atomic E-state index is -0.240. The van der Waals surface area contributed by atoms with Gasteiger partial charge in [-0.1, -0.05) is 6.92 Å². The average Bonchev–Trinajstić information content (AvgIpc) is 2.45. The lowest BCUT2D eigenvalue weighted by Gasteiger charge is -2.23. The van der Waals surface area contributed by atoms with Gasteiger partial charge in [0.2, 0.25) is 5.91 Å². The lowest BCUT2D eigenvalue weighted by atomic mass is 10.00. The van der Waals surface area contributed by atoms with Gasteiger partial charge in [-0.3, -0.25) is 9.59 Å². The summed E-state index contributed by atoms with van der Waals surface area (Å²) in [6.07, 6.45) is 0.899. The number of Topliss-reactive ketones (excluding diaryl/α,β-unsaturated/α-hetero) is 1. The Kier molecular flexibility index (Phi) is 3.03. The number of likely N-dealkylation sites (tertiary alicyclic amines) is 1. The lowest BCUT2D eigenvalue weighted by molar-refractivity contribution is -0.136. The minimum absolute atomic E-state index is 0.00347. The molecule has 0 radical (unpaired) electrons. The van der Waals surface area contributed by atoms with Gasteiger partial charge in [0.25, 0.3) is 0 Å². The van der Waals surface area contributed by atoms with E-state index >= 15 is 0 Å².